The van der Waals surface area contributed by atoms with E-state index in [1.165, 1.54) is 22.0 Å². The number of nitrogens with one attached hydrogen (secondary N) is 3. The minimum Gasteiger partial charge on any atom is -0.466 e. The van der Waals surface area contributed by atoms with Crippen LogP contribution in [-0.4, -0.2) is 35.7 Å². The SMILES string of the molecule is CCNC(=NCC(C)(O)c1ccco1)NCCc1c[nH]c2c(CC)cccc12. The lowest BCUT2D eigenvalue weighted by Gasteiger charge is -2.19. The van der Waals surface area contributed by atoms with Crippen LogP contribution in [0.25, 0.3) is 10.9 Å². The van der Waals surface area contributed by atoms with E-state index in [1.54, 1.807) is 25.3 Å². The molecule has 1 atom stereocenters. The van der Waals surface area contributed by atoms with Crippen LogP contribution < -0.4 is 10.6 Å². The summed E-state index contributed by atoms with van der Waals surface area (Å²) in [5.41, 5.74) is 2.72. The first-order valence-corrected chi connectivity index (χ1v) is 9.91. The molecule has 3 aromatic rings. The van der Waals surface area contributed by atoms with Gasteiger partial charge in [0.05, 0.1) is 12.8 Å². The standard InChI is InChI=1S/C22H30N4O2/c1-4-16-8-6-9-18-17(14-25-20(16)18)11-12-24-21(23-5-2)26-15-22(3,27)19-10-7-13-28-19/h6-10,13-14,25,27H,4-5,11-12,15H2,1-3H3,(H2,23,24,26). The smallest absolute Gasteiger partial charge is 0.191 e. The summed E-state index contributed by atoms with van der Waals surface area (Å²) in [6.45, 7) is 7.61. The molecule has 4 N–H and O–H groups in total. The average molecular weight is 383 g/mol. The first kappa shape index (κ1) is 20.0. The van der Waals surface area contributed by atoms with Crippen LogP contribution in [0.2, 0.25) is 0 Å². The maximum atomic E-state index is 10.6. The van der Waals surface area contributed by atoms with E-state index in [2.05, 4.69) is 51.9 Å². The number of rotatable bonds is 8. The summed E-state index contributed by atoms with van der Waals surface area (Å²) in [5, 5.41) is 18.4. The van der Waals surface area contributed by atoms with Crippen LogP contribution in [0.3, 0.4) is 0 Å². The van der Waals surface area contributed by atoms with Gasteiger partial charge in [-0.3, -0.25) is 0 Å². The second kappa shape index (κ2) is 8.97. The highest BCUT2D eigenvalue weighted by Crippen LogP contribution is 2.23. The van der Waals surface area contributed by atoms with Crippen molar-refractivity contribution in [3.8, 4) is 0 Å². The average Bonchev–Trinajstić information content (AvgIpc) is 3.37. The number of aliphatic imine (C=N–C) groups is 1. The number of aryl methyl sites for hydroxylation is 1. The molecule has 0 spiro atoms. The number of furan rings is 1. The first-order valence-electron chi connectivity index (χ1n) is 9.91. The van der Waals surface area contributed by atoms with Crippen molar-refractivity contribution < 1.29 is 9.52 Å². The predicted molar refractivity (Wildman–Crippen MR) is 114 cm³/mol. The van der Waals surface area contributed by atoms with Crippen LogP contribution in [0, 0.1) is 0 Å². The molecule has 2 heterocycles. The molecule has 1 aromatic carbocycles. The second-order valence-corrected chi connectivity index (χ2v) is 7.13. The van der Waals surface area contributed by atoms with E-state index in [1.807, 2.05) is 6.92 Å². The first-order chi connectivity index (χ1) is 13.5. The third-order valence-electron chi connectivity index (χ3n) is 4.90. The van der Waals surface area contributed by atoms with Gasteiger partial charge < -0.3 is 25.1 Å². The summed E-state index contributed by atoms with van der Waals surface area (Å²) in [6.07, 6.45) is 5.55. The van der Waals surface area contributed by atoms with Gasteiger partial charge in [0.25, 0.3) is 0 Å². The Bertz CT molecular complexity index is 910. The van der Waals surface area contributed by atoms with Gasteiger partial charge in [-0.15, -0.1) is 0 Å². The number of hydrogen-bond acceptors (Lipinski definition) is 3. The molecular weight excluding hydrogens is 352 g/mol. The molecule has 28 heavy (non-hydrogen) atoms. The molecule has 0 aliphatic rings. The van der Waals surface area contributed by atoms with Crippen molar-refractivity contribution in [2.24, 2.45) is 4.99 Å². The van der Waals surface area contributed by atoms with Crippen molar-refractivity contribution in [2.45, 2.75) is 39.2 Å². The summed E-state index contributed by atoms with van der Waals surface area (Å²) >= 11 is 0. The van der Waals surface area contributed by atoms with Crippen molar-refractivity contribution in [2.75, 3.05) is 19.6 Å². The normalized spacial score (nSPS) is 14.2. The molecule has 150 valence electrons. The fourth-order valence-corrected chi connectivity index (χ4v) is 3.33. The summed E-state index contributed by atoms with van der Waals surface area (Å²) in [4.78, 5) is 7.94. The van der Waals surface area contributed by atoms with Gasteiger partial charge in [-0.1, -0.05) is 25.1 Å². The Morgan fingerprint density at radius 3 is 2.75 bits per heavy atom. The largest absolute Gasteiger partial charge is 0.466 e. The number of benzene rings is 1. The lowest BCUT2D eigenvalue weighted by Crippen LogP contribution is -2.39. The zero-order valence-electron chi connectivity index (χ0n) is 16.9. The minimum absolute atomic E-state index is 0.211. The molecule has 1 unspecified atom stereocenters. The summed E-state index contributed by atoms with van der Waals surface area (Å²) < 4.78 is 5.32. The van der Waals surface area contributed by atoms with Gasteiger partial charge in [-0.2, -0.15) is 0 Å². The Hall–Kier alpha value is -2.73. The fourth-order valence-electron chi connectivity index (χ4n) is 3.33. The maximum Gasteiger partial charge on any atom is 0.191 e. The van der Waals surface area contributed by atoms with E-state index in [0.717, 1.165) is 25.9 Å². The molecule has 0 fully saturated rings. The van der Waals surface area contributed by atoms with Crippen molar-refractivity contribution in [1.82, 2.24) is 15.6 Å². The monoisotopic (exact) mass is 382 g/mol. The molecule has 6 heteroatoms. The zero-order valence-corrected chi connectivity index (χ0v) is 16.9. The van der Waals surface area contributed by atoms with Crippen LogP contribution in [0.5, 0.6) is 0 Å². The Morgan fingerprint density at radius 2 is 2.04 bits per heavy atom. The predicted octanol–water partition coefficient (Wildman–Crippen LogP) is 3.33. The van der Waals surface area contributed by atoms with Gasteiger partial charge in [0.15, 0.2) is 5.96 Å². The molecule has 6 nitrogen and oxygen atoms in total. The second-order valence-electron chi connectivity index (χ2n) is 7.13. The van der Waals surface area contributed by atoms with E-state index < -0.39 is 5.60 Å². The van der Waals surface area contributed by atoms with Crippen LogP contribution in [0.4, 0.5) is 0 Å². The molecule has 2 aromatic heterocycles. The highest BCUT2D eigenvalue weighted by Gasteiger charge is 2.26. The molecule has 0 amide bonds. The zero-order chi connectivity index (χ0) is 20.0. The summed E-state index contributed by atoms with van der Waals surface area (Å²) in [7, 11) is 0. The Balaban J connectivity index is 1.62. The molecule has 0 bridgehead atoms. The highest BCUT2D eigenvalue weighted by atomic mass is 16.4. The third kappa shape index (κ3) is 4.57. The van der Waals surface area contributed by atoms with E-state index in [0.29, 0.717) is 11.7 Å². The molecule has 0 aliphatic heterocycles. The van der Waals surface area contributed by atoms with E-state index in [4.69, 9.17) is 4.42 Å². The third-order valence-corrected chi connectivity index (χ3v) is 4.90. The Labute approximate surface area is 166 Å². The number of aliphatic hydroxyl groups is 1. The summed E-state index contributed by atoms with van der Waals surface area (Å²) in [5.74, 6) is 1.20. The highest BCUT2D eigenvalue weighted by molar-refractivity contribution is 5.86. The Morgan fingerprint density at radius 1 is 1.18 bits per heavy atom. The van der Waals surface area contributed by atoms with Gasteiger partial charge in [0.2, 0.25) is 0 Å². The van der Waals surface area contributed by atoms with Crippen molar-refractivity contribution in [3.05, 3.63) is 59.7 Å². The van der Waals surface area contributed by atoms with Crippen LogP contribution >= 0.6 is 0 Å². The maximum absolute atomic E-state index is 10.6. The Kier molecular flexibility index (Phi) is 6.41. The van der Waals surface area contributed by atoms with Crippen molar-refractivity contribution in [1.29, 1.82) is 0 Å². The number of H-pyrrole nitrogens is 1. The van der Waals surface area contributed by atoms with Crippen LogP contribution in [0.15, 0.2) is 52.2 Å². The van der Waals surface area contributed by atoms with Gasteiger partial charge in [-0.05, 0) is 49.9 Å². The van der Waals surface area contributed by atoms with Gasteiger partial charge in [-0.25, -0.2) is 4.99 Å². The molecule has 0 radical (unpaired) electrons. The lowest BCUT2D eigenvalue weighted by molar-refractivity contribution is 0.0437. The molecule has 3 rings (SSSR count). The number of hydrogen-bond donors (Lipinski definition) is 4. The van der Waals surface area contributed by atoms with Crippen LogP contribution in [0.1, 0.15) is 37.7 Å². The quantitative estimate of drug-likeness (QED) is 0.356. The topological polar surface area (TPSA) is 85.6 Å². The van der Waals surface area contributed by atoms with Gasteiger partial charge >= 0.3 is 0 Å². The van der Waals surface area contributed by atoms with Gasteiger partial charge in [0.1, 0.15) is 11.4 Å². The number of guanidine groups is 1. The molecular formula is C22H30N4O2. The van der Waals surface area contributed by atoms with Gasteiger partial charge in [0, 0.05) is 30.2 Å². The number of para-hydroxylation sites is 1. The van der Waals surface area contributed by atoms with E-state index in [9.17, 15) is 5.11 Å². The van der Waals surface area contributed by atoms with Crippen molar-refractivity contribution in [3.63, 3.8) is 0 Å². The number of aromatic amines is 1. The van der Waals surface area contributed by atoms with Crippen LogP contribution in [-0.2, 0) is 18.4 Å². The number of aromatic nitrogens is 1. The summed E-state index contributed by atoms with van der Waals surface area (Å²) in [6, 6.07) is 9.98. The number of nitrogens with zero attached hydrogens (tertiary/aromatic N) is 1. The molecule has 0 saturated carbocycles. The minimum atomic E-state index is -1.14. The number of fused-ring (bicyclic) bond motifs is 1. The van der Waals surface area contributed by atoms with Crippen molar-refractivity contribution >= 4 is 16.9 Å². The molecule has 0 aliphatic carbocycles. The van der Waals surface area contributed by atoms with E-state index in [-0.39, 0.29) is 6.54 Å². The van der Waals surface area contributed by atoms with E-state index >= 15 is 0 Å². The lowest BCUT2D eigenvalue weighted by atomic mass is 10.0. The fraction of sp³-hybridized carbons (Fsp3) is 0.409. The molecule has 0 saturated heterocycles.